The van der Waals surface area contributed by atoms with Gasteiger partial charge < -0.3 is 10.0 Å². The van der Waals surface area contributed by atoms with Crippen LogP contribution in [0.25, 0.3) is 0 Å². The number of aliphatic hydroxyl groups is 1. The molecule has 0 saturated heterocycles. The molecule has 1 aromatic carbocycles. The van der Waals surface area contributed by atoms with Gasteiger partial charge in [-0.15, -0.1) is 0 Å². The molecule has 2 nitrogen and oxygen atoms in total. The van der Waals surface area contributed by atoms with E-state index in [1.807, 2.05) is 25.1 Å². The topological polar surface area (TPSA) is 23.5 Å². The average molecular weight is 270 g/mol. The summed E-state index contributed by atoms with van der Waals surface area (Å²) in [5.74, 6) is 0. The molecule has 102 valence electrons. The Hall–Kier alpha value is -0.570. The van der Waals surface area contributed by atoms with E-state index in [9.17, 15) is 5.11 Å². The number of benzene rings is 1. The van der Waals surface area contributed by atoms with Crippen molar-refractivity contribution in [1.82, 2.24) is 4.90 Å². The predicted molar refractivity (Wildman–Crippen MR) is 78.2 cm³/mol. The van der Waals surface area contributed by atoms with Crippen LogP contribution in [0, 0.1) is 6.92 Å². The molecule has 1 rings (SSSR count). The first-order chi connectivity index (χ1) is 8.58. The van der Waals surface area contributed by atoms with Crippen molar-refractivity contribution in [3.05, 3.63) is 34.3 Å². The lowest BCUT2D eigenvalue weighted by Crippen LogP contribution is -2.30. The quantitative estimate of drug-likeness (QED) is 0.814. The zero-order chi connectivity index (χ0) is 13.5. The van der Waals surface area contributed by atoms with E-state index in [1.54, 1.807) is 0 Å². The lowest BCUT2D eigenvalue weighted by atomic mass is 10.1. The van der Waals surface area contributed by atoms with Crippen molar-refractivity contribution in [2.45, 2.75) is 39.7 Å². The van der Waals surface area contributed by atoms with Gasteiger partial charge in [0.15, 0.2) is 0 Å². The fourth-order valence-electron chi connectivity index (χ4n) is 2.15. The van der Waals surface area contributed by atoms with Crippen LogP contribution in [-0.4, -0.2) is 29.6 Å². The minimum atomic E-state index is -0.431. The van der Waals surface area contributed by atoms with E-state index in [0.717, 1.165) is 42.1 Å². The van der Waals surface area contributed by atoms with Crippen LogP contribution in [0.4, 0.5) is 0 Å². The second-order valence-electron chi connectivity index (χ2n) is 4.83. The van der Waals surface area contributed by atoms with Crippen molar-refractivity contribution < 1.29 is 5.11 Å². The highest BCUT2D eigenvalue weighted by atomic mass is 35.5. The molecular weight excluding hydrogens is 246 g/mol. The van der Waals surface area contributed by atoms with Gasteiger partial charge in [-0.1, -0.05) is 37.6 Å². The van der Waals surface area contributed by atoms with Gasteiger partial charge in [0.2, 0.25) is 0 Å². The minimum absolute atomic E-state index is 0.431. The largest absolute Gasteiger partial charge is 0.387 e. The summed E-state index contributed by atoms with van der Waals surface area (Å²) in [4.78, 5) is 2.31. The highest BCUT2D eigenvalue weighted by Gasteiger charge is 2.13. The number of aryl methyl sites for hydroxylation is 1. The fraction of sp³-hybridized carbons (Fsp3) is 0.600. The molecule has 0 aromatic heterocycles. The first-order valence-corrected chi connectivity index (χ1v) is 7.12. The maximum atomic E-state index is 10.3. The number of rotatable bonds is 7. The molecule has 18 heavy (non-hydrogen) atoms. The van der Waals surface area contributed by atoms with Gasteiger partial charge >= 0.3 is 0 Å². The highest BCUT2D eigenvalue weighted by molar-refractivity contribution is 6.31. The van der Waals surface area contributed by atoms with Crippen molar-refractivity contribution in [2.24, 2.45) is 0 Å². The van der Waals surface area contributed by atoms with Gasteiger partial charge in [-0.25, -0.2) is 0 Å². The second kappa shape index (κ2) is 7.78. The molecule has 0 amide bonds. The molecule has 3 heteroatoms. The molecule has 1 unspecified atom stereocenters. The minimum Gasteiger partial charge on any atom is -0.387 e. The first kappa shape index (κ1) is 15.5. The SMILES string of the molecule is CCCN(CCC)CC(O)c1ccc(Cl)c(C)c1. The fourth-order valence-corrected chi connectivity index (χ4v) is 2.27. The molecule has 0 bridgehead atoms. The van der Waals surface area contributed by atoms with E-state index >= 15 is 0 Å². The van der Waals surface area contributed by atoms with E-state index in [4.69, 9.17) is 11.6 Å². The van der Waals surface area contributed by atoms with Crippen molar-refractivity contribution in [3.8, 4) is 0 Å². The number of hydrogen-bond acceptors (Lipinski definition) is 2. The molecule has 0 radical (unpaired) electrons. The highest BCUT2D eigenvalue weighted by Crippen LogP contribution is 2.21. The van der Waals surface area contributed by atoms with Crippen LogP contribution in [0.2, 0.25) is 5.02 Å². The molecule has 1 aromatic rings. The van der Waals surface area contributed by atoms with Crippen molar-refractivity contribution in [2.75, 3.05) is 19.6 Å². The molecule has 0 spiro atoms. The van der Waals surface area contributed by atoms with Gasteiger partial charge in [0.05, 0.1) is 6.10 Å². The maximum absolute atomic E-state index is 10.3. The molecule has 1 atom stereocenters. The molecule has 0 aliphatic heterocycles. The van der Waals surface area contributed by atoms with Crippen LogP contribution in [0.1, 0.15) is 43.9 Å². The zero-order valence-corrected chi connectivity index (χ0v) is 12.4. The Morgan fingerprint density at radius 1 is 1.22 bits per heavy atom. The van der Waals surface area contributed by atoms with Crippen LogP contribution in [-0.2, 0) is 0 Å². The summed E-state index contributed by atoms with van der Waals surface area (Å²) in [6.45, 7) is 9.08. The predicted octanol–water partition coefficient (Wildman–Crippen LogP) is 3.80. The molecular formula is C15H24ClNO. The summed E-state index contributed by atoms with van der Waals surface area (Å²) in [6, 6.07) is 5.75. The molecule has 1 N–H and O–H groups in total. The van der Waals surface area contributed by atoms with Crippen LogP contribution < -0.4 is 0 Å². The third-order valence-corrected chi connectivity index (χ3v) is 3.50. The number of halogens is 1. The molecule has 0 aliphatic rings. The summed E-state index contributed by atoms with van der Waals surface area (Å²) in [6.07, 6.45) is 1.80. The van der Waals surface area contributed by atoms with E-state index < -0.39 is 6.10 Å². The van der Waals surface area contributed by atoms with Crippen molar-refractivity contribution in [1.29, 1.82) is 0 Å². The molecule has 0 aliphatic carbocycles. The number of nitrogens with zero attached hydrogens (tertiary/aromatic N) is 1. The van der Waals surface area contributed by atoms with Gasteiger partial charge in [0, 0.05) is 11.6 Å². The smallest absolute Gasteiger partial charge is 0.0917 e. The monoisotopic (exact) mass is 269 g/mol. The lowest BCUT2D eigenvalue weighted by Gasteiger charge is -2.24. The van der Waals surface area contributed by atoms with Crippen molar-refractivity contribution in [3.63, 3.8) is 0 Å². The maximum Gasteiger partial charge on any atom is 0.0917 e. The number of aliphatic hydroxyl groups excluding tert-OH is 1. The van der Waals surface area contributed by atoms with Crippen LogP contribution >= 0.6 is 11.6 Å². The second-order valence-corrected chi connectivity index (χ2v) is 5.23. The van der Waals surface area contributed by atoms with E-state index in [-0.39, 0.29) is 0 Å². The third-order valence-electron chi connectivity index (χ3n) is 3.08. The normalized spacial score (nSPS) is 13.0. The Labute approximate surface area is 116 Å². The number of hydrogen-bond donors (Lipinski definition) is 1. The lowest BCUT2D eigenvalue weighted by molar-refractivity contribution is 0.113. The Morgan fingerprint density at radius 3 is 2.33 bits per heavy atom. The zero-order valence-electron chi connectivity index (χ0n) is 11.6. The standard InChI is InChI=1S/C15H24ClNO/c1-4-8-17(9-5-2)11-15(18)13-6-7-14(16)12(3)10-13/h6-7,10,15,18H,4-5,8-9,11H2,1-3H3. The van der Waals surface area contributed by atoms with Gasteiger partial charge in [-0.05, 0) is 50.0 Å². The summed E-state index contributed by atoms with van der Waals surface area (Å²) in [5.41, 5.74) is 1.97. The Bertz CT molecular complexity index is 362. The van der Waals surface area contributed by atoms with E-state index in [2.05, 4.69) is 18.7 Å². The Morgan fingerprint density at radius 2 is 1.83 bits per heavy atom. The molecule has 0 heterocycles. The van der Waals surface area contributed by atoms with Crippen LogP contribution in [0.15, 0.2) is 18.2 Å². The van der Waals surface area contributed by atoms with Crippen LogP contribution in [0.3, 0.4) is 0 Å². The molecule has 0 fully saturated rings. The van der Waals surface area contributed by atoms with E-state index in [0.29, 0.717) is 6.54 Å². The Kier molecular flexibility index (Phi) is 6.69. The van der Waals surface area contributed by atoms with Crippen LogP contribution in [0.5, 0.6) is 0 Å². The van der Waals surface area contributed by atoms with Gasteiger partial charge in [-0.3, -0.25) is 0 Å². The Balaban J connectivity index is 2.67. The van der Waals surface area contributed by atoms with E-state index in [1.165, 1.54) is 0 Å². The average Bonchev–Trinajstić information content (AvgIpc) is 2.33. The molecule has 0 saturated carbocycles. The van der Waals surface area contributed by atoms with Gasteiger partial charge in [-0.2, -0.15) is 0 Å². The first-order valence-electron chi connectivity index (χ1n) is 6.75. The summed E-state index contributed by atoms with van der Waals surface area (Å²) in [7, 11) is 0. The van der Waals surface area contributed by atoms with Gasteiger partial charge in [0.1, 0.15) is 0 Å². The summed E-state index contributed by atoms with van der Waals surface area (Å²) in [5, 5.41) is 11.0. The van der Waals surface area contributed by atoms with Crippen molar-refractivity contribution >= 4 is 11.6 Å². The van der Waals surface area contributed by atoms with Gasteiger partial charge in [0.25, 0.3) is 0 Å². The third kappa shape index (κ3) is 4.60. The summed E-state index contributed by atoms with van der Waals surface area (Å²) >= 11 is 6.00. The summed E-state index contributed by atoms with van der Waals surface area (Å²) < 4.78 is 0.